The van der Waals surface area contributed by atoms with E-state index in [1.807, 2.05) is 0 Å². The Bertz CT molecular complexity index is 801. The third-order valence-corrected chi connectivity index (χ3v) is 9.70. The zero-order valence-corrected chi connectivity index (χ0v) is 33.6. The predicted octanol–water partition coefficient (Wildman–Crippen LogP) is 6.13. The van der Waals surface area contributed by atoms with E-state index in [0.717, 1.165) is 52.0 Å². The van der Waals surface area contributed by atoms with Crippen LogP contribution in [0.15, 0.2) is 0 Å². The van der Waals surface area contributed by atoms with Crippen molar-refractivity contribution < 1.29 is 14.4 Å². The van der Waals surface area contributed by atoms with Crippen LogP contribution in [0.25, 0.3) is 0 Å². The average molecular weight is 710 g/mol. The van der Waals surface area contributed by atoms with Gasteiger partial charge in [-0.3, -0.25) is 14.4 Å². The average Bonchev–Trinajstić information content (AvgIpc) is 3.09. The number of carbonyl (C=O) groups is 3. The molecule has 0 rings (SSSR count). The number of nitrogens with one attached hydrogen (secondary N) is 4. The lowest BCUT2D eigenvalue weighted by Gasteiger charge is -2.24. The number of nitrogens with zero attached hydrogens (tertiary/aromatic N) is 2. The third kappa shape index (κ3) is 32.2. The Labute approximate surface area is 309 Å². The van der Waals surface area contributed by atoms with Gasteiger partial charge in [0.2, 0.25) is 17.7 Å². The maximum atomic E-state index is 12.7. The number of amides is 3. The summed E-state index contributed by atoms with van der Waals surface area (Å²) in [6.07, 6.45) is 24.2. The number of rotatable bonds is 37. The van der Waals surface area contributed by atoms with Crippen molar-refractivity contribution in [2.45, 2.75) is 175 Å². The molecule has 2 unspecified atom stereocenters. The number of carbonyl (C=O) groups excluding carboxylic acids is 3. The van der Waals surface area contributed by atoms with Crippen LogP contribution in [0.5, 0.6) is 0 Å². The second-order valence-electron chi connectivity index (χ2n) is 14.6. The molecule has 0 heterocycles. The Kier molecular flexibility index (Phi) is 34.4. The summed E-state index contributed by atoms with van der Waals surface area (Å²) in [6.45, 7) is 15.1. The minimum Gasteiger partial charge on any atom is -0.359 e. The quantitative estimate of drug-likeness (QED) is 0.0491. The molecule has 0 aromatic carbocycles. The molecule has 0 saturated heterocycles. The SMILES string of the molecule is CCCCCCCCCCC(C)NC(=O)CCN(CCN)CCNCCN(CCC(=O)NC)CCC(=O)NC(C)CCCCCCCCCC. The molecule has 0 aliphatic rings. The van der Waals surface area contributed by atoms with Gasteiger partial charge in [-0.1, -0.05) is 117 Å². The highest BCUT2D eigenvalue weighted by atomic mass is 16.2. The van der Waals surface area contributed by atoms with E-state index in [1.54, 1.807) is 7.05 Å². The molecule has 10 heteroatoms. The first-order valence-corrected chi connectivity index (χ1v) is 20.9. The zero-order valence-electron chi connectivity index (χ0n) is 33.6. The molecule has 3 amide bonds. The van der Waals surface area contributed by atoms with Crippen molar-refractivity contribution in [2.75, 3.05) is 66.0 Å². The number of nitrogens with two attached hydrogens (primary N) is 1. The normalized spacial score (nSPS) is 12.7. The molecule has 6 N–H and O–H groups in total. The van der Waals surface area contributed by atoms with Crippen LogP contribution >= 0.6 is 0 Å². The minimum absolute atomic E-state index is 0.00965. The van der Waals surface area contributed by atoms with Gasteiger partial charge in [-0.05, 0) is 26.7 Å². The second kappa shape index (κ2) is 35.6. The van der Waals surface area contributed by atoms with Crippen molar-refractivity contribution in [3.63, 3.8) is 0 Å². The second-order valence-corrected chi connectivity index (χ2v) is 14.6. The maximum Gasteiger partial charge on any atom is 0.221 e. The van der Waals surface area contributed by atoms with E-state index in [9.17, 15) is 14.4 Å². The largest absolute Gasteiger partial charge is 0.359 e. The molecule has 0 aliphatic heterocycles. The van der Waals surface area contributed by atoms with Crippen LogP contribution in [0.4, 0.5) is 0 Å². The van der Waals surface area contributed by atoms with Crippen molar-refractivity contribution in [2.24, 2.45) is 5.73 Å². The monoisotopic (exact) mass is 710 g/mol. The van der Waals surface area contributed by atoms with Gasteiger partial charge in [-0.2, -0.15) is 0 Å². The lowest BCUT2D eigenvalue weighted by Crippen LogP contribution is -2.41. The Hall–Kier alpha value is -1.75. The molecule has 0 saturated carbocycles. The summed E-state index contributed by atoms with van der Waals surface area (Å²) in [5.74, 6) is 0.208. The smallest absolute Gasteiger partial charge is 0.221 e. The number of hydrogen-bond donors (Lipinski definition) is 5. The Balaban J connectivity index is 4.34. The maximum absolute atomic E-state index is 12.7. The highest BCUT2D eigenvalue weighted by molar-refractivity contribution is 5.77. The summed E-state index contributed by atoms with van der Waals surface area (Å²) in [5.41, 5.74) is 5.88. The third-order valence-electron chi connectivity index (χ3n) is 9.70. The molecular weight excluding hydrogens is 626 g/mol. The fraction of sp³-hybridized carbons (Fsp3) is 0.925. The fourth-order valence-electron chi connectivity index (χ4n) is 6.36. The molecule has 2 atom stereocenters. The molecule has 10 nitrogen and oxygen atoms in total. The van der Waals surface area contributed by atoms with Gasteiger partial charge in [0.25, 0.3) is 0 Å². The Morgan fingerprint density at radius 1 is 0.520 bits per heavy atom. The molecule has 0 bridgehead atoms. The molecule has 0 aromatic rings. The van der Waals surface area contributed by atoms with E-state index in [2.05, 4.69) is 58.8 Å². The van der Waals surface area contributed by atoms with E-state index in [4.69, 9.17) is 5.73 Å². The predicted molar refractivity (Wildman–Crippen MR) is 212 cm³/mol. The molecule has 0 aromatic heterocycles. The molecule has 0 aliphatic carbocycles. The lowest BCUT2D eigenvalue weighted by atomic mass is 10.1. The molecule has 50 heavy (non-hydrogen) atoms. The van der Waals surface area contributed by atoms with Gasteiger partial charge in [0.1, 0.15) is 0 Å². The summed E-state index contributed by atoms with van der Waals surface area (Å²) in [6, 6.07) is 0.405. The Morgan fingerprint density at radius 3 is 1.26 bits per heavy atom. The van der Waals surface area contributed by atoms with Crippen molar-refractivity contribution in [3.8, 4) is 0 Å². The lowest BCUT2D eigenvalue weighted by molar-refractivity contribution is -0.123. The van der Waals surface area contributed by atoms with Crippen molar-refractivity contribution in [3.05, 3.63) is 0 Å². The van der Waals surface area contributed by atoms with E-state index in [0.29, 0.717) is 45.4 Å². The van der Waals surface area contributed by atoms with E-state index < -0.39 is 0 Å². The van der Waals surface area contributed by atoms with Crippen LogP contribution in [0, 0.1) is 0 Å². The number of hydrogen-bond acceptors (Lipinski definition) is 7. The van der Waals surface area contributed by atoms with Gasteiger partial charge in [0.15, 0.2) is 0 Å². The molecule has 296 valence electrons. The van der Waals surface area contributed by atoms with Gasteiger partial charge in [-0.15, -0.1) is 0 Å². The molecule has 0 radical (unpaired) electrons. The van der Waals surface area contributed by atoms with Crippen LogP contribution in [0.1, 0.15) is 163 Å². The fourth-order valence-corrected chi connectivity index (χ4v) is 6.36. The van der Waals surface area contributed by atoms with Gasteiger partial charge < -0.3 is 36.8 Å². The minimum atomic E-state index is 0.00965. The van der Waals surface area contributed by atoms with Gasteiger partial charge in [0.05, 0.1) is 0 Å². The van der Waals surface area contributed by atoms with E-state index in [1.165, 1.54) is 96.3 Å². The van der Waals surface area contributed by atoms with E-state index >= 15 is 0 Å². The van der Waals surface area contributed by atoms with Gasteiger partial charge in [0, 0.05) is 97.3 Å². The summed E-state index contributed by atoms with van der Waals surface area (Å²) in [7, 11) is 1.66. The van der Waals surface area contributed by atoms with E-state index in [-0.39, 0.29) is 29.8 Å². The van der Waals surface area contributed by atoms with Crippen LogP contribution in [0.3, 0.4) is 0 Å². The highest BCUT2D eigenvalue weighted by Gasteiger charge is 2.13. The first-order valence-electron chi connectivity index (χ1n) is 20.9. The first kappa shape index (κ1) is 48.2. The summed E-state index contributed by atoms with van der Waals surface area (Å²) >= 11 is 0. The summed E-state index contributed by atoms with van der Waals surface area (Å²) in [5, 5.41) is 12.6. The van der Waals surface area contributed by atoms with Crippen molar-refractivity contribution in [1.29, 1.82) is 0 Å². The topological polar surface area (TPSA) is 132 Å². The molecular formula is C40H83N7O3. The standard InChI is InChI=1S/C40H83N7O3/c1-6-8-10-12-14-16-18-20-22-36(3)44-39(49)25-31-46(30-24-38(48)42-5)34-28-43-29-35-47(33-27-41)32-26-40(50)45-37(4)23-21-19-17-15-13-11-9-7-2/h36-37,43H,6-35,41H2,1-5H3,(H,42,48)(H,44,49)(H,45,50). The summed E-state index contributed by atoms with van der Waals surface area (Å²) in [4.78, 5) is 41.7. The van der Waals surface area contributed by atoms with Crippen LogP contribution in [0.2, 0.25) is 0 Å². The van der Waals surface area contributed by atoms with Crippen molar-refractivity contribution in [1.82, 2.24) is 31.1 Å². The Morgan fingerprint density at radius 2 is 0.880 bits per heavy atom. The van der Waals surface area contributed by atoms with Crippen molar-refractivity contribution >= 4 is 17.7 Å². The highest BCUT2D eigenvalue weighted by Crippen LogP contribution is 2.12. The zero-order chi connectivity index (χ0) is 37.1. The molecule has 0 fully saturated rings. The number of unbranched alkanes of at least 4 members (excludes halogenated alkanes) is 14. The first-order chi connectivity index (χ1) is 24.2. The van der Waals surface area contributed by atoms with Crippen LogP contribution in [-0.2, 0) is 14.4 Å². The summed E-state index contributed by atoms with van der Waals surface area (Å²) < 4.78 is 0. The van der Waals surface area contributed by atoms with Gasteiger partial charge in [-0.25, -0.2) is 0 Å². The van der Waals surface area contributed by atoms with Crippen LogP contribution < -0.4 is 27.0 Å². The van der Waals surface area contributed by atoms with Crippen LogP contribution in [-0.4, -0.2) is 106 Å². The van der Waals surface area contributed by atoms with Gasteiger partial charge >= 0.3 is 0 Å². The molecule has 0 spiro atoms.